The molecule has 0 aliphatic heterocycles. The molecule has 2 saturated carbocycles. The Kier molecular flexibility index (Phi) is 6.74. The Hall–Kier alpha value is -3.91. The van der Waals surface area contributed by atoms with Gasteiger partial charge in [0, 0.05) is 49.0 Å². The number of anilines is 3. The normalized spacial score (nSPS) is 21.3. The van der Waals surface area contributed by atoms with Crippen LogP contribution in [0.2, 0.25) is 0 Å². The molecule has 40 heavy (non-hydrogen) atoms. The maximum Gasteiger partial charge on any atom is 0.256 e. The quantitative estimate of drug-likeness (QED) is 0.275. The lowest BCUT2D eigenvalue weighted by Crippen LogP contribution is -2.37. The monoisotopic (exact) mass is 567 g/mol. The summed E-state index contributed by atoms with van der Waals surface area (Å²) in [4.78, 5) is 13.4. The topological polar surface area (TPSA) is 153 Å². The molecule has 3 N–H and O–H groups in total. The van der Waals surface area contributed by atoms with E-state index in [9.17, 15) is 17.9 Å². The van der Waals surface area contributed by atoms with Crippen LogP contribution in [0.15, 0.2) is 49.2 Å². The number of pyridine rings is 1. The van der Waals surface area contributed by atoms with Crippen LogP contribution in [0.1, 0.15) is 38.5 Å². The summed E-state index contributed by atoms with van der Waals surface area (Å²) < 4.78 is 42.3. The van der Waals surface area contributed by atoms with E-state index in [2.05, 4.69) is 35.8 Å². The molecule has 0 spiro atoms. The van der Waals surface area contributed by atoms with Crippen LogP contribution < -0.4 is 10.6 Å². The highest BCUT2D eigenvalue weighted by atomic mass is 32.2. The molecule has 14 heteroatoms. The fourth-order valence-electron chi connectivity index (χ4n) is 4.84. The van der Waals surface area contributed by atoms with E-state index in [1.807, 2.05) is 25.4 Å². The number of rotatable bonds is 9. The Bertz CT molecular complexity index is 1630. The maximum atomic E-state index is 14.6. The van der Waals surface area contributed by atoms with E-state index >= 15 is 0 Å². The van der Waals surface area contributed by atoms with Crippen molar-refractivity contribution >= 4 is 27.3 Å². The Morgan fingerprint density at radius 1 is 1.12 bits per heavy atom. The van der Waals surface area contributed by atoms with Crippen molar-refractivity contribution in [2.75, 3.05) is 17.2 Å². The lowest BCUT2D eigenvalue weighted by Gasteiger charge is -2.33. The van der Waals surface area contributed by atoms with Gasteiger partial charge in [-0.15, -0.1) is 0 Å². The van der Waals surface area contributed by atoms with Crippen molar-refractivity contribution in [1.29, 1.82) is 0 Å². The third kappa shape index (κ3) is 5.41. The predicted molar refractivity (Wildman–Crippen MR) is 147 cm³/mol. The van der Waals surface area contributed by atoms with Crippen LogP contribution in [-0.4, -0.2) is 71.0 Å². The molecular formula is C26H30FN9O3S. The smallest absolute Gasteiger partial charge is 0.256 e. The number of nitrogens with one attached hydrogen (secondary N) is 2. The minimum atomic E-state index is -3.48. The summed E-state index contributed by atoms with van der Waals surface area (Å²) in [6, 6.07) is 5.47. The van der Waals surface area contributed by atoms with Crippen LogP contribution >= 0.6 is 0 Å². The largest absolute Gasteiger partial charge is 0.393 e. The molecule has 12 nitrogen and oxygen atoms in total. The van der Waals surface area contributed by atoms with Gasteiger partial charge in [0.2, 0.25) is 0 Å². The molecule has 0 atom stereocenters. The molecule has 2 aliphatic rings. The first kappa shape index (κ1) is 26.3. The molecule has 2 aliphatic carbocycles. The molecule has 210 valence electrons. The number of halogens is 1. The summed E-state index contributed by atoms with van der Waals surface area (Å²) in [5, 5.41) is 24.3. The molecule has 0 saturated heterocycles. The first-order valence-corrected chi connectivity index (χ1v) is 14.7. The molecule has 0 unspecified atom stereocenters. The van der Waals surface area contributed by atoms with Gasteiger partial charge in [0.05, 0.1) is 35.5 Å². The molecule has 4 heterocycles. The van der Waals surface area contributed by atoms with Crippen molar-refractivity contribution in [3.63, 3.8) is 0 Å². The number of hydrogen-bond acceptors (Lipinski definition) is 10. The molecule has 0 radical (unpaired) electrons. The molecule has 0 amide bonds. The third-order valence-corrected chi connectivity index (χ3v) is 9.39. The van der Waals surface area contributed by atoms with Gasteiger partial charge in [0.15, 0.2) is 5.82 Å². The first-order valence-electron chi connectivity index (χ1n) is 13.2. The average Bonchev–Trinajstić information content (AvgIpc) is 3.54. The second-order valence-electron chi connectivity index (χ2n) is 10.5. The molecule has 6 rings (SSSR count). The van der Waals surface area contributed by atoms with E-state index in [0.717, 1.165) is 21.0 Å². The van der Waals surface area contributed by atoms with Crippen LogP contribution in [0.25, 0.3) is 22.6 Å². The fraction of sp³-hybridized carbons (Fsp3) is 0.423. The number of aliphatic hydroxyl groups is 1. The van der Waals surface area contributed by atoms with E-state index < -0.39 is 22.3 Å². The minimum Gasteiger partial charge on any atom is -0.393 e. The summed E-state index contributed by atoms with van der Waals surface area (Å²) in [6.45, 7) is -0.458. The lowest BCUT2D eigenvalue weighted by atomic mass is 9.84. The molecule has 4 aromatic heterocycles. The Labute approximate surface area is 230 Å². The average molecular weight is 568 g/mol. The summed E-state index contributed by atoms with van der Waals surface area (Å²) in [5.41, 5.74) is 1.31. The molecule has 0 aromatic carbocycles. The molecule has 0 bridgehead atoms. The van der Waals surface area contributed by atoms with E-state index in [1.54, 1.807) is 23.1 Å². The maximum absolute atomic E-state index is 14.6. The molecular weight excluding hydrogens is 537 g/mol. The van der Waals surface area contributed by atoms with Crippen LogP contribution in [0.3, 0.4) is 0 Å². The van der Waals surface area contributed by atoms with E-state index in [-0.39, 0.29) is 11.3 Å². The van der Waals surface area contributed by atoms with E-state index in [4.69, 9.17) is 0 Å². The summed E-state index contributed by atoms with van der Waals surface area (Å²) in [7, 11) is -1.64. The molecule has 4 aromatic rings. The van der Waals surface area contributed by atoms with Gasteiger partial charge in [-0.2, -0.15) is 14.3 Å². The highest BCUT2D eigenvalue weighted by Gasteiger charge is 2.38. The van der Waals surface area contributed by atoms with Crippen LogP contribution in [-0.2, 0) is 17.1 Å². The highest BCUT2D eigenvalue weighted by molar-refractivity contribution is 7.90. The number of aliphatic hydroxyl groups excluding tert-OH is 1. The highest BCUT2D eigenvalue weighted by Crippen LogP contribution is 2.36. The Morgan fingerprint density at radius 3 is 2.62 bits per heavy atom. The summed E-state index contributed by atoms with van der Waals surface area (Å²) in [6.07, 6.45) is 11.1. The van der Waals surface area contributed by atoms with Gasteiger partial charge in [-0.3, -0.25) is 4.68 Å². The van der Waals surface area contributed by atoms with E-state index in [0.29, 0.717) is 61.5 Å². The number of aryl methyl sites for hydroxylation is 1. The fourth-order valence-corrected chi connectivity index (χ4v) is 6.32. The zero-order valence-corrected chi connectivity index (χ0v) is 22.7. The van der Waals surface area contributed by atoms with Crippen LogP contribution in [0.4, 0.5) is 21.7 Å². The number of nitrogens with zero attached hydrogens (tertiary/aromatic N) is 7. The van der Waals surface area contributed by atoms with Crippen molar-refractivity contribution in [2.45, 2.75) is 55.5 Å². The van der Waals surface area contributed by atoms with Crippen LogP contribution in [0, 0.1) is 0 Å². The zero-order chi connectivity index (χ0) is 27.9. The standard InChI is InChI=1S/C26H30FN9O3S/c1-35-11-7-21(34-35)20-14-29-24(12-22(20)31-18-4-8-26(27,16-37)9-5-18)32-23-6-10-28-25(33-23)17-13-30-36(15-17)40(38,39)19-2-3-19/h6-7,10-15,18-19,37H,2-5,8-9,16H2,1H3,(H2,28,29,31,32,33). The number of hydrogen-bond donors (Lipinski definition) is 3. The van der Waals surface area contributed by atoms with Gasteiger partial charge in [-0.1, -0.05) is 0 Å². The second kappa shape index (κ2) is 10.2. The van der Waals surface area contributed by atoms with Crippen LogP contribution in [0.5, 0.6) is 0 Å². The van der Waals surface area contributed by atoms with Crippen molar-refractivity contribution in [3.05, 3.63) is 49.2 Å². The predicted octanol–water partition coefficient (Wildman–Crippen LogP) is 3.27. The van der Waals surface area contributed by atoms with Gasteiger partial charge >= 0.3 is 0 Å². The third-order valence-electron chi connectivity index (χ3n) is 7.35. The van der Waals surface area contributed by atoms with Crippen molar-refractivity contribution in [2.24, 2.45) is 7.05 Å². The van der Waals surface area contributed by atoms with Gasteiger partial charge in [-0.25, -0.2) is 27.8 Å². The summed E-state index contributed by atoms with van der Waals surface area (Å²) >= 11 is 0. The number of aromatic nitrogens is 7. The Balaban J connectivity index is 1.24. The lowest BCUT2D eigenvalue weighted by molar-refractivity contribution is 0.0337. The van der Waals surface area contributed by atoms with Gasteiger partial charge in [-0.05, 0) is 50.7 Å². The second-order valence-corrected chi connectivity index (χ2v) is 12.5. The zero-order valence-electron chi connectivity index (χ0n) is 21.9. The summed E-state index contributed by atoms with van der Waals surface area (Å²) in [5.74, 6) is 1.31. The SMILES string of the molecule is Cn1ccc(-c2cnc(Nc3ccnc(-c4cnn(S(=O)(=O)C5CC5)c4)n3)cc2NC2CCC(F)(CO)CC2)n1. The minimum absolute atomic E-state index is 0.0299. The van der Waals surface area contributed by atoms with Crippen molar-refractivity contribution in [3.8, 4) is 22.6 Å². The number of alkyl halides is 1. The van der Waals surface area contributed by atoms with Crippen molar-refractivity contribution < 1.29 is 17.9 Å². The molecule has 2 fully saturated rings. The Morgan fingerprint density at radius 2 is 1.93 bits per heavy atom. The van der Waals surface area contributed by atoms with Gasteiger partial charge in [0.25, 0.3) is 10.0 Å². The van der Waals surface area contributed by atoms with E-state index in [1.165, 1.54) is 12.4 Å². The van der Waals surface area contributed by atoms with Gasteiger partial charge in [0.1, 0.15) is 17.3 Å². The van der Waals surface area contributed by atoms with Gasteiger partial charge < -0.3 is 15.7 Å². The van der Waals surface area contributed by atoms with Crippen molar-refractivity contribution in [1.82, 2.24) is 33.9 Å². The first-order chi connectivity index (χ1) is 19.2.